The van der Waals surface area contributed by atoms with Gasteiger partial charge in [0.2, 0.25) is 5.91 Å². The molecule has 1 aromatic heterocycles. The van der Waals surface area contributed by atoms with Crippen LogP contribution in [0.3, 0.4) is 0 Å². The number of nitrogens with zero attached hydrogens (tertiary/aromatic N) is 1. The summed E-state index contributed by atoms with van der Waals surface area (Å²) in [5.41, 5.74) is 1.91. The van der Waals surface area contributed by atoms with Crippen molar-refractivity contribution in [3.05, 3.63) is 29.6 Å². The summed E-state index contributed by atoms with van der Waals surface area (Å²) in [5.74, 6) is 1.13. The van der Waals surface area contributed by atoms with Crippen molar-refractivity contribution in [1.82, 2.24) is 4.98 Å². The highest BCUT2D eigenvalue weighted by Gasteiger charge is 2.21. The molecule has 1 heterocycles. The fourth-order valence-electron chi connectivity index (χ4n) is 3.01. The molecule has 0 radical (unpaired) electrons. The molecule has 0 atom stereocenters. The molecular weight excluding hydrogens is 320 g/mol. The van der Waals surface area contributed by atoms with Gasteiger partial charge in [-0.05, 0) is 51.0 Å². The van der Waals surface area contributed by atoms with E-state index in [2.05, 4.69) is 10.3 Å². The van der Waals surface area contributed by atoms with E-state index in [4.69, 9.17) is 4.74 Å². The molecule has 1 aliphatic carbocycles. The molecule has 1 aliphatic rings. The number of rotatable bonds is 5. The Morgan fingerprint density at radius 2 is 1.92 bits per heavy atom. The van der Waals surface area contributed by atoms with Crippen molar-refractivity contribution < 1.29 is 9.53 Å². The Morgan fingerprint density at radius 3 is 2.58 bits per heavy atom. The minimum Gasteiger partial charge on any atom is -0.491 e. The van der Waals surface area contributed by atoms with Crippen LogP contribution in [0.5, 0.6) is 5.75 Å². The van der Waals surface area contributed by atoms with Crippen molar-refractivity contribution in [2.45, 2.75) is 52.1 Å². The lowest BCUT2D eigenvalue weighted by Gasteiger charge is -2.19. The molecule has 0 bridgehead atoms. The summed E-state index contributed by atoms with van der Waals surface area (Å²) in [6, 6.07) is 7.91. The fourth-order valence-corrected chi connectivity index (χ4v) is 3.74. The first-order valence-electron chi connectivity index (χ1n) is 8.65. The molecule has 0 spiro atoms. The van der Waals surface area contributed by atoms with E-state index in [0.717, 1.165) is 42.7 Å². The van der Waals surface area contributed by atoms with E-state index in [9.17, 15) is 4.79 Å². The van der Waals surface area contributed by atoms with Crippen LogP contribution in [0.15, 0.2) is 29.6 Å². The molecule has 1 aromatic carbocycles. The number of hydrogen-bond donors (Lipinski definition) is 1. The van der Waals surface area contributed by atoms with Gasteiger partial charge in [0, 0.05) is 16.9 Å². The smallest absolute Gasteiger partial charge is 0.229 e. The maximum Gasteiger partial charge on any atom is 0.229 e. The topological polar surface area (TPSA) is 51.2 Å². The van der Waals surface area contributed by atoms with Crippen molar-refractivity contribution in [2.24, 2.45) is 5.92 Å². The van der Waals surface area contributed by atoms with Crippen molar-refractivity contribution in [3.8, 4) is 17.0 Å². The molecule has 1 N–H and O–H groups in total. The summed E-state index contributed by atoms with van der Waals surface area (Å²) >= 11 is 1.48. The Labute approximate surface area is 147 Å². The van der Waals surface area contributed by atoms with Gasteiger partial charge in [-0.25, -0.2) is 4.98 Å². The molecule has 0 aliphatic heterocycles. The van der Waals surface area contributed by atoms with E-state index in [1.54, 1.807) is 0 Å². The lowest BCUT2D eigenvalue weighted by molar-refractivity contribution is -0.120. The van der Waals surface area contributed by atoms with Crippen LogP contribution in [0, 0.1) is 5.92 Å². The summed E-state index contributed by atoms with van der Waals surface area (Å²) in [7, 11) is 0. The summed E-state index contributed by atoms with van der Waals surface area (Å²) in [4.78, 5) is 16.9. The number of amides is 1. The largest absolute Gasteiger partial charge is 0.491 e. The van der Waals surface area contributed by atoms with Gasteiger partial charge in [-0.1, -0.05) is 19.3 Å². The minimum absolute atomic E-state index is 0.122. The second kappa shape index (κ2) is 7.79. The standard InChI is InChI=1S/C19H24N2O2S/c1-13(2)23-16-10-8-14(9-11-16)17-12-24-19(20-17)21-18(22)15-6-4-3-5-7-15/h8-13,15H,3-7H2,1-2H3,(H,20,21,22). The Balaban J connectivity index is 1.63. The number of aromatic nitrogens is 1. The number of benzene rings is 1. The Kier molecular flexibility index (Phi) is 5.51. The molecule has 24 heavy (non-hydrogen) atoms. The van der Waals surface area contributed by atoms with E-state index in [1.807, 2.05) is 43.5 Å². The summed E-state index contributed by atoms with van der Waals surface area (Å²) in [6.45, 7) is 4.02. The maximum atomic E-state index is 12.3. The molecule has 1 amide bonds. The van der Waals surface area contributed by atoms with Crippen LogP contribution < -0.4 is 10.1 Å². The van der Waals surface area contributed by atoms with Gasteiger partial charge in [0.25, 0.3) is 0 Å². The predicted molar refractivity (Wildman–Crippen MR) is 98.5 cm³/mol. The van der Waals surface area contributed by atoms with Crippen LogP contribution in [0.1, 0.15) is 46.0 Å². The highest BCUT2D eigenvalue weighted by molar-refractivity contribution is 7.14. The minimum atomic E-state index is 0.122. The average Bonchev–Trinajstić information content (AvgIpc) is 3.04. The zero-order valence-electron chi connectivity index (χ0n) is 14.2. The van der Waals surface area contributed by atoms with E-state index in [1.165, 1.54) is 17.8 Å². The summed E-state index contributed by atoms with van der Waals surface area (Å²) in [5, 5.41) is 5.65. The zero-order chi connectivity index (χ0) is 16.9. The molecule has 0 saturated heterocycles. The van der Waals surface area contributed by atoms with Crippen molar-refractivity contribution in [1.29, 1.82) is 0 Å². The van der Waals surface area contributed by atoms with Crippen LogP contribution in [-0.4, -0.2) is 17.0 Å². The van der Waals surface area contributed by atoms with Crippen LogP contribution in [-0.2, 0) is 4.79 Å². The highest BCUT2D eigenvalue weighted by atomic mass is 32.1. The Hall–Kier alpha value is -1.88. The van der Waals surface area contributed by atoms with Crippen molar-refractivity contribution >= 4 is 22.4 Å². The van der Waals surface area contributed by atoms with Crippen LogP contribution in [0.4, 0.5) is 5.13 Å². The van der Waals surface area contributed by atoms with Gasteiger partial charge in [0.05, 0.1) is 11.8 Å². The third-order valence-electron chi connectivity index (χ3n) is 4.23. The Morgan fingerprint density at radius 1 is 1.21 bits per heavy atom. The van der Waals surface area contributed by atoms with Gasteiger partial charge in [-0.2, -0.15) is 0 Å². The van der Waals surface area contributed by atoms with Crippen LogP contribution in [0.25, 0.3) is 11.3 Å². The number of ether oxygens (including phenoxy) is 1. The van der Waals surface area contributed by atoms with Gasteiger partial charge in [0.1, 0.15) is 5.75 Å². The number of nitrogens with one attached hydrogen (secondary N) is 1. The third kappa shape index (κ3) is 4.35. The van der Waals surface area contributed by atoms with E-state index in [-0.39, 0.29) is 17.9 Å². The number of anilines is 1. The van der Waals surface area contributed by atoms with Gasteiger partial charge < -0.3 is 10.1 Å². The van der Waals surface area contributed by atoms with Gasteiger partial charge in [0.15, 0.2) is 5.13 Å². The van der Waals surface area contributed by atoms with Gasteiger partial charge in [-0.15, -0.1) is 11.3 Å². The lowest BCUT2D eigenvalue weighted by atomic mass is 9.89. The number of carbonyl (C=O) groups excluding carboxylic acids is 1. The van der Waals surface area contributed by atoms with Crippen molar-refractivity contribution in [3.63, 3.8) is 0 Å². The Bertz CT molecular complexity index is 673. The highest BCUT2D eigenvalue weighted by Crippen LogP contribution is 2.29. The average molecular weight is 344 g/mol. The van der Waals surface area contributed by atoms with E-state index < -0.39 is 0 Å². The molecular formula is C19H24N2O2S. The third-order valence-corrected chi connectivity index (χ3v) is 4.99. The molecule has 4 nitrogen and oxygen atoms in total. The number of carbonyl (C=O) groups is 1. The first-order chi connectivity index (χ1) is 11.6. The molecule has 2 aromatic rings. The van der Waals surface area contributed by atoms with Crippen molar-refractivity contribution in [2.75, 3.05) is 5.32 Å². The first-order valence-corrected chi connectivity index (χ1v) is 9.53. The first kappa shape index (κ1) is 17.0. The molecule has 1 fully saturated rings. The normalized spacial score (nSPS) is 15.5. The molecule has 0 unspecified atom stereocenters. The van der Waals surface area contributed by atoms with Crippen LogP contribution >= 0.6 is 11.3 Å². The molecule has 5 heteroatoms. The number of hydrogen-bond acceptors (Lipinski definition) is 4. The van der Waals surface area contributed by atoms with Gasteiger partial charge in [-0.3, -0.25) is 4.79 Å². The monoisotopic (exact) mass is 344 g/mol. The molecule has 1 saturated carbocycles. The second-order valence-electron chi connectivity index (χ2n) is 6.55. The SMILES string of the molecule is CC(C)Oc1ccc(-c2csc(NC(=O)C3CCCCC3)n2)cc1. The molecule has 128 valence electrons. The fraction of sp³-hybridized carbons (Fsp3) is 0.474. The van der Waals surface area contributed by atoms with Crippen LogP contribution in [0.2, 0.25) is 0 Å². The van der Waals surface area contributed by atoms with E-state index in [0.29, 0.717) is 5.13 Å². The molecule has 3 rings (SSSR count). The lowest BCUT2D eigenvalue weighted by Crippen LogP contribution is -2.24. The quantitative estimate of drug-likeness (QED) is 0.819. The summed E-state index contributed by atoms with van der Waals surface area (Å²) < 4.78 is 5.66. The second-order valence-corrected chi connectivity index (χ2v) is 7.41. The zero-order valence-corrected chi connectivity index (χ0v) is 15.1. The predicted octanol–water partition coefficient (Wildman–Crippen LogP) is 5.12. The summed E-state index contributed by atoms with van der Waals surface area (Å²) in [6.07, 6.45) is 5.74. The number of thiazole rings is 1. The maximum absolute atomic E-state index is 12.3. The van der Waals surface area contributed by atoms with Gasteiger partial charge >= 0.3 is 0 Å². The van der Waals surface area contributed by atoms with E-state index >= 15 is 0 Å².